The lowest BCUT2D eigenvalue weighted by atomic mass is 10.2. The van der Waals surface area contributed by atoms with Crippen molar-refractivity contribution in [2.75, 3.05) is 13.2 Å². The van der Waals surface area contributed by atoms with E-state index in [0.29, 0.717) is 12.6 Å². The van der Waals surface area contributed by atoms with E-state index in [2.05, 4.69) is 17.0 Å². The van der Waals surface area contributed by atoms with Crippen LogP contribution >= 0.6 is 0 Å². The van der Waals surface area contributed by atoms with E-state index in [4.69, 9.17) is 5.11 Å². The Bertz CT molecular complexity index is 247. The van der Waals surface area contributed by atoms with Gasteiger partial charge in [0.05, 0.1) is 6.61 Å². The largest absolute Gasteiger partial charge is 0.395 e. The summed E-state index contributed by atoms with van der Waals surface area (Å²) in [4.78, 5) is 2.26. The van der Waals surface area contributed by atoms with Gasteiger partial charge in [-0.3, -0.25) is 4.90 Å². The number of nitrogens with zero attached hydrogens (tertiary/aromatic N) is 1. The Morgan fingerprint density at radius 1 is 1.33 bits per heavy atom. The predicted octanol–water partition coefficient (Wildman–Crippen LogP) is 0.863. The van der Waals surface area contributed by atoms with Gasteiger partial charge in [0.1, 0.15) is 0 Å². The van der Waals surface area contributed by atoms with Crippen molar-refractivity contribution in [1.82, 2.24) is 4.90 Å². The summed E-state index contributed by atoms with van der Waals surface area (Å²) in [5.74, 6) is 0. The predicted molar refractivity (Wildman–Crippen MR) is 47.7 cm³/mol. The SMILES string of the molecule is OC[C@@H]1CN1Cc1ccccc1. The molecule has 0 aliphatic carbocycles. The highest BCUT2D eigenvalue weighted by molar-refractivity contribution is 5.15. The topological polar surface area (TPSA) is 23.2 Å². The first-order valence-corrected chi connectivity index (χ1v) is 4.29. The summed E-state index contributed by atoms with van der Waals surface area (Å²) in [7, 11) is 0. The minimum atomic E-state index is 0.298. The van der Waals surface area contributed by atoms with Crippen LogP contribution < -0.4 is 0 Å². The Morgan fingerprint density at radius 3 is 2.67 bits per heavy atom. The Balaban J connectivity index is 1.89. The molecule has 2 heteroatoms. The third kappa shape index (κ3) is 1.65. The van der Waals surface area contributed by atoms with Crippen LogP contribution in [0.4, 0.5) is 0 Å². The summed E-state index contributed by atoms with van der Waals surface area (Å²) < 4.78 is 0. The first kappa shape index (κ1) is 7.77. The zero-order valence-corrected chi connectivity index (χ0v) is 6.98. The molecule has 1 unspecified atom stereocenters. The van der Waals surface area contributed by atoms with Crippen LogP contribution in [-0.2, 0) is 6.54 Å². The number of hydrogen-bond acceptors (Lipinski definition) is 2. The van der Waals surface area contributed by atoms with Crippen molar-refractivity contribution in [3.05, 3.63) is 35.9 Å². The number of benzene rings is 1. The van der Waals surface area contributed by atoms with Gasteiger partial charge >= 0.3 is 0 Å². The van der Waals surface area contributed by atoms with Crippen molar-refractivity contribution in [3.8, 4) is 0 Å². The first-order valence-electron chi connectivity index (χ1n) is 4.29. The maximum absolute atomic E-state index is 8.81. The van der Waals surface area contributed by atoms with Crippen LogP contribution in [0.3, 0.4) is 0 Å². The summed E-state index contributed by atoms with van der Waals surface area (Å²) in [6.07, 6.45) is 0. The Labute approximate surface area is 72.4 Å². The molecule has 2 rings (SSSR count). The molecule has 0 spiro atoms. The molecular weight excluding hydrogens is 150 g/mol. The molecule has 0 saturated carbocycles. The van der Waals surface area contributed by atoms with Crippen molar-refractivity contribution in [2.24, 2.45) is 0 Å². The molecule has 1 heterocycles. The molecule has 1 N–H and O–H groups in total. The number of hydrogen-bond donors (Lipinski definition) is 1. The molecule has 1 aromatic rings. The molecular formula is C10H13NO. The molecule has 1 aromatic carbocycles. The van der Waals surface area contributed by atoms with E-state index in [1.54, 1.807) is 0 Å². The Morgan fingerprint density at radius 2 is 2.08 bits per heavy atom. The van der Waals surface area contributed by atoms with Crippen LogP contribution in [0.5, 0.6) is 0 Å². The van der Waals surface area contributed by atoms with Crippen LogP contribution in [0.2, 0.25) is 0 Å². The van der Waals surface area contributed by atoms with E-state index in [-0.39, 0.29) is 0 Å². The summed E-state index contributed by atoms with van der Waals surface area (Å²) in [5, 5.41) is 8.81. The standard InChI is InChI=1S/C10H13NO/c12-8-10-7-11(10)6-9-4-2-1-3-5-9/h1-5,10,12H,6-8H2/t10-,11?/m0/s1. The second kappa shape index (κ2) is 3.25. The van der Waals surface area contributed by atoms with Gasteiger partial charge in [0.15, 0.2) is 0 Å². The lowest BCUT2D eigenvalue weighted by Crippen LogP contribution is -2.04. The number of rotatable bonds is 3. The minimum absolute atomic E-state index is 0.298. The average Bonchev–Trinajstić information content (AvgIpc) is 2.85. The highest BCUT2D eigenvalue weighted by atomic mass is 16.3. The average molecular weight is 163 g/mol. The third-order valence-electron chi connectivity index (χ3n) is 2.27. The quantitative estimate of drug-likeness (QED) is 0.668. The summed E-state index contributed by atoms with van der Waals surface area (Å²) >= 11 is 0. The molecule has 1 fully saturated rings. The molecule has 64 valence electrons. The van der Waals surface area contributed by atoms with Crippen LogP contribution in [0.15, 0.2) is 30.3 Å². The van der Waals surface area contributed by atoms with E-state index in [0.717, 1.165) is 13.1 Å². The molecule has 1 aliphatic heterocycles. The van der Waals surface area contributed by atoms with Gasteiger partial charge in [0, 0.05) is 19.1 Å². The van der Waals surface area contributed by atoms with Crippen molar-refractivity contribution < 1.29 is 5.11 Å². The van der Waals surface area contributed by atoms with Crippen molar-refractivity contribution in [2.45, 2.75) is 12.6 Å². The van der Waals surface area contributed by atoms with E-state index in [1.807, 2.05) is 18.2 Å². The highest BCUT2D eigenvalue weighted by Crippen LogP contribution is 2.19. The first-order chi connectivity index (χ1) is 5.90. The van der Waals surface area contributed by atoms with Gasteiger partial charge in [-0.15, -0.1) is 0 Å². The van der Waals surface area contributed by atoms with Crippen LogP contribution in [-0.4, -0.2) is 29.2 Å². The van der Waals surface area contributed by atoms with Gasteiger partial charge in [-0.2, -0.15) is 0 Å². The van der Waals surface area contributed by atoms with Gasteiger partial charge in [-0.25, -0.2) is 0 Å². The second-order valence-corrected chi connectivity index (χ2v) is 3.25. The Kier molecular flexibility index (Phi) is 2.11. The Hall–Kier alpha value is -0.860. The lowest BCUT2D eigenvalue weighted by Gasteiger charge is -2.01. The molecule has 0 bridgehead atoms. The molecule has 1 saturated heterocycles. The normalized spacial score (nSPS) is 27.1. The summed E-state index contributed by atoms with van der Waals surface area (Å²) in [5.41, 5.74) is 1.33. The van der Waals surface area contributed by atoms with E-state index in [9.17, 15) is 0 Å². The molecule has 2 nitrogen and oxygen atoms in total. The van der Waals surface area contributed by atoms with Gasteiger partial charge < -0.3 is 5.11 Å². The summed E-state index contributed by atoms with van der Waals surface area (Å²) in [6, 6.07) is 10.8. The van der Waals surface area contributed by atoms with E-state index < -0.39 is 0 Å². The third-order valence-corrected chi connectivity index (χ3v) is 2.27. The monoisotopic (exact) mass is 163 g/mol. The maximum Gasteiger partial charge on any atom is 0.0599 e. The van der Waals surface area contributed by atoms with Crippen molar-refractivity contribution >= 4 is 0 Å². The number of aliphatic hydroxyl groups is 1. The fraction of sp³-hybridized carbons (Fsp3) is 0.400. The second-order valence-electron chi connectivity index (χ2n) is 3.25. The zero-order chi connectivity index (χ0) is 8.39. The van der Waals surface area contributed by atoms with Gasteiger partial charge in [0.2, 0.25) is 0 Å². The molecule has 2 atom stereocenters. The fourth-order valence-electron chi connectivity index (χ4n) is 1.41. The molecule has 0 aromatic heterocycles. The molecule has 0 radical (unpaired) electrons. The van der Waals surface area contributed by atoms with Gasteiger partial charge in [0.25, 0.3) is 0 Å². The molecule has 1 aliphatic rings. The van der Waals surface area contributed by atoms with Crippen LogP contribution in [0.25, 0.3) is 0 Å². The highest BCUT2D eigenvalue weighted by Gasteiger charge is 2.32. The van der Waals surface area contributed by atoms with E-state index in [1.165, 1.54) is 5.56 Å². The smallest absolute Gasteiger partial charge is 0.0599 e. The van der Waals surface area contributed by atoms with Crippen molar-refractivity contribution in [1.29, 1.82) is 0 Å². The van der Waals surface area contributed by atoms with Crippen molar-refractivity contribution in [3.63, 3.8) is 0 Å². The zero-order valence-electron chi connectivity index (χ0n) is 6.98. The molecule has 0 amide bonds. The molecule has 12 heavy (non-hydrogen) atoms. The van der Waals surface area contributed by atoms with Gasteiger partial charge in [-0.1, -0.05) is 30.3 Å². The van der Waals surface area contributed by atoms with Crippen LogP contribution in [0.1, 0.15) is 5.56 Å². The maximum atomic E-state index is 8.81. The van der Waals surface area contributed by atoms with E-state index >= 15 is 0 Å². The number of aliphatic hydroxyl groups excluding tert-OH is 1. The lowest BCUT2D eigenvalue weighted by molar-refractivity contribution is 0.272. The van der Waals surface area contributed by atoms with Crippen LogP contribution in [0, 0.1) is 0 Å². The fourth-order valence-corrected chi connectivity index (χ4v) is 1.41. The van der Waals surface area contributed by atoms with Gasteiger partial charge in [-0.05, 0) is 5.56 Å². The minimum Gasteiger partial charge on any atom is -0.395 e. The summed E-state index contributed by atoms with van der Waals surface area (Å²) in [6.45, 7) is 2.32.